The fraction of sp³-hybridized carbons (Fsp3) is 1.00. The zero-order valence-electron chi connectivity index (χ0n) is 15.0. The van der Waals surface area contributed by atoms with Crippen molar-refractivity contribution in [2.75, 3.05) is 0 Å². The van der Waals surface area contributed by atoms with Crippen LogP contribution in [0.1, 0.15) is 87.5 Å². The third-order valence-electron chi connectivity index (χ3n) is 5.36. The van der Waals surface area contributed by atoms with Crippen LogP contribution in [-0.4, -0.2) is 0 Å². The molecule has 0 amide bonds. The lowest BCUT2D eigenvalue weighted by atomic mass is 9.75. The van der Waals surface area contributed by atoms with E-state index in [0.717, 1.165) is 23.7 Å². The third-order valence-corrected chi connectivity index (χ3v) is 5.36. The summed E-state index contributed by atoms with van der Waals surface area (Å²) in [6, 6.07) is 0. The van der Waals surface area contributed by atoms with Crippen LogP contribution in [0.3, 0.4) is 0 Å². The largest absolute Gasteiger partial charge is 0.0683 e. The van der Waals surface area contributed by atoms with E-state index in [1.165, 1.54) is 18.3 Å². The van der Waals surface area contributed by atoms with Crippen LogP contribution in [-0.2, 0) is 0 Å². The summed E-state index contributed by atoms with van der Waals surface area (Å²) in [6.45, 7) is 16.9. The second kappa shape index (κ2) is 9.83. The van der Waals surface area contributed by atoms with Gasteiger partial charge in [0.25, 0.3) is 0 Å². The summed E-state index contributed by atoms with van der Waals surface area (Å²) >= 11 is 0. The Morgan fingerprint density at radius 3 is 1.74 bits per heavy atom. The SMILES string of the molecule is CC.CC.CC.CCC1CC2CC1C1CC(C)CC21. The van der Waals surface area contributed by atoms with E-state index in [1.54, 1.807) is 25.7 Å². The Morgan fingerprint density at radius 1 is 0.684 bits per heavy atom. The highest BCUT2D eigenvalue weighted by molar-refractivity contribution is 5.03. The Morgan fingerprint density at radius 2 is 1.21 bits per heavy atom. The van der Waals surface area contributed by atoms with E-state index < -0.39 is 0 Å². The minimum Gasteiger partial charge on any atom is -0.0683 e. The molecule has 116 valence electrons. The Bertz CT molecular complexity index is 204. The molecule has 0 aromatic rings. The lowest BCUT2D eigenvalue weighted by molar-refractivity contribution is 0.185. The van der Waals surface area contributed by atoms with Crippen molar-refractivity contribution >= 4 is 0 Å². The quantitative estimate of drug-likeness (QED) is 0.491. The highest BCUT2D eigenvalue weighted by Crippen LogP contribution is 2.62. The first-order chi connectivity index (χ1) is 9.29. The van der Waals surface area contributed by atoms with Gasteiger partial charge in [-0.15, -0.1) is 0 Å². The van der Waals surface area contributed by atoms with E-state index in [2.05, 4.69) is 13.8 Å². The van der Waals surface area contributed by atoms with E-state index in [-0.39, 0.29) is 0 Å². The van der Waals surface area contributed by atoms with Crippen LogP contribution in [0, 0.1) is 35.5 Å². The van der Waals surface area contributed by atoms with Gasteiger partial charge in [0.2, 0.25) is 0 Å². The van der Waals surface area contributed by atoms with Gasteiger partial charge in [0.05, 0.1) is 0 Å². The molecule has 6 unspecified atom stereocenters. The van der Waals surface area contributed by atoms with Crippen LogP contribution in [0.25, 0.3) is 0 Å². The second-order valence-corrected chi connectivity index (χ2v) is 5.97. The summed E-state index contributed by atoms with van der Waals surface area (Å²) in [6.07, 6.45) is 7.80. The second-order valence-electron chi connectivity index (χ2n) is 5.97. The van der Waals surface area contributed by atoms with E-state index >= 15 is 0 Å². The van der Waals surface area contributed by atoms with E-state index in [9.17, 15) is 0 Å². The lowest BCUT2D eigenvalue weighted by Gasteiger charge is -2.30. The molecule has 0 spiro atoms. The maximum absolute atomic E-state index is 2.47. The molecule has 0 aromatic carbocycles. The smallest absolute Gasteiger partial charge is 0.0349 e. The molecule has 3 saturated carbocycles. The van der Waals surface area contributed by atoms with Crippen LogP contribution < -0.4 is 0 Å². The maximum atomic E-state index is 2.47. The van der Waals surface area contributed by atoms with Crippen molar-refractivity contribution in [3.63, 3.8) is 0 Å². The van der Waals surface area contributed by atoms with Crippen molar-refractivity contribution in [3.05, 3.63) is 0 Å². The standard InChI is InChI=1S/C13H22.3C2H6/c1-3-9-6-10-7-12(9)13-5-8(2)4-11(10)13;3*1-2/h8-13H,3-7H2,1-2H3;3*1-2H3. The van der Waals surface area contributed by atoms with E-state index in [0.29, 0.717) is 0 Å². The van der Waals surface area contributed by atoms with Crippen molar-refractivity contribution in [3.8, 4) is 0 Å². The summed E-state index contributed by atoms with van der Waals surface area (Å²) in [5, 5.41) is 0. The van der Waals surface area contributed by atoms with Crippen LogP contribution in [0.15, 0.2) is 0 Å². The highest BCUT2D eigenvalue weighted by Gasteiger charge is 2.54. The monoisotopic (exact) mass is 268 g/mol. The molecule has 3 fully saturated rings. The predicted octanol–water partition coefficient (Wildman–Crippen LogP) is 6.79. The highest BCUT2D eigenvalue weighted by atomic mass is 14.6. The molecular weight excluding hydrogens is 228 g/mol. The van der Waals surface area contributed by atoms with Crippen LogP contribution >= 0.6 is 0 Å². The number of hydrogen-bond donors (Lipinski definition) is 0. The summed E-state index contributed by atoms with van der Waals surface area (Å²) < 4.78 is 0. The van der Waals surface area contributed by atoms with Gasteiger partial charge in [-0.3, -0.25) is 0 Å². The van der Waals surface area contributed by atoms with Gasteiger partial charge >= 0.3 is 0 Å². The number of rotatable bonds is 1. The van der Waals surface area contributed by atoms with Crippen molar-refractivity contribution in [1.82, 2.24) is 0 Å². The van der Waals surface area contributed by atoms with Gasteiger partial charge in [0.1, 0.15) is 0 Å². The fourth-order valence-corrected chi connectivity index (χ4v) is 4.95. The predicted molar refractivity (Wildman–Crippen MR) is 89.4 cm³/mol. The molecule has 3 rings (SSSR count). The molecule has 2 bridgehead atoms. The summed E-state index contributed by atoms with van der Waals surface area (Å²) in [5.41, 5.74) is 0. The van der Waals surface area contributed by atoms with Crippen molar-refractivity contribution in [2.24, 2.45) is 35.5 Å². The van der Waals surface area contributed by atoms with Crippen LogP contribution in [0.5, 0.6) is 0 Å². The molecule has 0 aromatic heterocycles. The minimum absolute atomic E-state index is 1.05. The molecule has 3 aliphatic carbocycles. The first kappa shape index (κ1) is 19.0. The Hall–Kier alpha value is 0. The zero-order chi connectivity index (χ0) is 15.0. The van der Waals surface area contributed by atoms with Gasteiger partial charge < -0.3 is 0 Å². The normalized spacial score (nSPS) is 41.1. The van der Waals surface area contributed by atoms with Gasteiger partial charge in [0, 0.05) is 0 Å². The molecule has 0 heterocycles. The molecule has 19 heavy (non-hydrogen) atoms. The molecule has 0 N–H and O–H groups in total. The Balaban J connectivity index is 0.000000482. The molecule has 0 aliphatic heterocycles. The molecule has 0 heteroatoms. The van der Waals surface area contributed by atoms with Crippen LogP contribution in [0.4, 0.5) is 0 Å². The average molecular weight is 269 g/mol. The van der Waals surface area contributed by atoms with E-state index in [4.69, 9.17) is 0 Å². The van der Waals surface area contributed by atoms with Crippen molar-refractivity contribution in [2.45, 2.75) is 87.5 Å². The molecule has 0 saturated heterocycles. The molecule has 0 nitrogen and oxygen atoms in total. The minimum atomic E-state index is 1.05. The molecule has 0 radical (unpaired) electrons. The van der Waals surface area contributed by atoms with Gasteiger partial charge in [0.15, 0.2) is 0 Å². The molecule has 3 aliphatic rings. The Kier molecular flexibility index (Phi) is 9.83. The van der Waals surface area contributed by atoms with E-state index in [1.807, 2.05) is 41.5 Å². The first-order valence-electron chi connectivity index (χ1n) is 9.29. The zero-order valence-corrected chi connectivity index (χ0v) is 15.0. The Labute approximate surface area is 123 Å². The summed E-state index contributed by atoms with van der Waals surface area (Å²) in [7, 11) is 0. The summed E-state index contributed by atoms with van der Waals surface area (Å²) in [5.74, 6) is 6.82. The van der Waals surface area contributed by atoms with Crippen LogP contribution in [0.2, 0.25) is 0 Å². The van der Waals surface area contributed by atoms with Gasteiger partial charge in [-0.25, -0.2) is 0 Å². The molecule has 6 atom stereocenters. The number of hydrogen-bond acceptors (Lipinski definition) is 0. The lowest BCUT2D eigenvalue weighted by Crippen LogP contribution is -2.23. The maximum Gasteiger partial charge on any atom is -0.0349 e. The van der Waals surface area contributed by atoms with Gasteiger partial charge in [-0.1, -0.05) is 61.8 Å². The fourth-order valence-electron chi connectivity index (χ4n) is 4.95. The number of fused-ring (bicyclic) bond motifs is 5. The summed E-state index contributed by atoms with van der Waals surface area (Å²) in [4.78, 5) is 0. The van der Waals surface area contributed by atoms with Gasteiger partial charge in [-0.05, 0) is 61.2 Å². The molecular formula is C19H40. The van der Waals surface area contributed by atoms with Crippen molar-refractivity contribution < 1.29 is 0 Å². The average Bonchev–Trinajstić information content (AvgIpc) is 3.15. The first-order valence-corrected chi connectivity index (χ1v) is 9.29. The van der Waals surface area contributed by atoms with Crippen molar-refractivity contribution in [1.29, 1.82) is 0 Å². The third kappa shape index (κ3) is 3.99. The topological polar surface area (TPSA) is 0 Å². The van der Waals surface area contributed by atoms with Gasteiger partial charge in [-0.2, -0.15) is 0 Å².